The Hall–Kier alpha value is -0.0700. The summed E-state index contributed by atoms with van der Waals surface area (Å²) < 4.78 is 6.46. The molecule has 0 aliphatic rings. The Bertz CT molecular complexity index is 378. The van der Waals surface area contributed by atoms with Crippen molar-refractivity contribution in [2.75, 3.05) is 23.4 Å². The molecule has 0 N–H and O–H groups in total. The Balaban J connectivity index is 2.45. The smallest absolute Gasteiger partial charge is 0.175 e. The monoisotopic (exact) mass is 392 g/mol. The first-order chi connectivity index (χ1) is 9.19. The predicted octanol–water partition coefficient (Wildman–Crippen LogP) is 4.14. The lowest BCUT2D eigenvalue weighted by Gasteiger charge is -2.13. The summed E-state index contributed by atoms with van der Waals surface area (Å²) in [7, 11) is 0. The van der Waals surface area contributed by atoms with E-state index in [2.05, 4.69) is 29.5 Å². The molecule has 0 aliphatic carbocycles. The maximum absolute atomic E-state index is 12.3. The molecule has 1 aromatic carbocycles. The summed E-state index contributed by atoms with van der Waals surface area (Å²) in [6, 6.07) is 7.84. The van der Waals surface area contributed by atoms with E-state index in [9.17, 15) is 4.79 Å². The van der Waals surface area contributed by atoms with Gasteiger partial charge < -0.3 is 4.74 Å². The highest BCUT2D eigenvalue weighted by molar-refractivity contribution is 14.1. The number of halogens is 1. The molecule has 0 saturated carbocycles. The number of carbonyl (C=O) groups is 1. The number of alkyl halides is 1. The summed E-state index contributed by atoms with van der Waals surface area (Å²) in [6.07, 6.45) is 0.865. The molecule has 0 heterocycles. The molecule has 1 aromatic rings. The lowest BCUT2D eigenvalue weighted by Crippen LogP contribution is -2.18. The number of ether oxygens (including phenoxy) is 1. The van der Waals surface area contributed by atoms with Gasteiger partial charge in [-0.1, -0.05) is 59.3 Å². The summed E-state index contributed by atoms with van der Waals surface area (Å²) >= 11 is 4.00. The molecule has 0 aromatic heterocycles. The second kappa shape index (κ2) is 9.77. The Kier molecular flexibility index (Phi) is 8.74. The molecular formula is C15H21IO2S. The standard InChI is InChI=1S/C15H21IO2S/c1-3-14(19-11-10-18-9-8-16)15(17)13-6-4-12(2)5-7-13/h4-7,14H,3,8-11H2,1-2H3. The number of ketones is 1. The molecule has 0 amide bonds. The fourth-order valence-corrected chi connectivity index (χ4v) is 3.02. The van der Waals surface area contributed by atoms with E-state index >= 15 is 0 Å². The normalized spacial score (nSPS) is 12.4. The van der Waals surface area contributed by atoms with Crippen LogP contribution < -0.4 is 0 Å². The highest BCUT2D eigenvalue weighted by atomic mass is 127. The zero-order valence-electron chi connectivity index (χ0n) is 11.5. The topological polar surface area (TPSA) is 26.3 Å². The van der Waals surface area contributed by atoms with Gasteiger partial charge in [0.15, 0.2) is 5.78 Å². The van der Waals surface area contributed by atoms with Crippen molar-refractivity contribution in [3.8, 4) is 0 Å². The number of rotatable bonds is 9. The van der Waals surface area contributed by atoms with Crippen LogP contribution >= 0.6 is 34.4 Å². The molecule has 0 radical (unpaired) electrons. The largest absolute Gasteiger partial charge is 0.380 e. The first-order valence-electron chi connectivity index (χ1n) is 6.55. The first kappa shape index (κ1) is 17.0. The van der Waals surface area contributed by atoms with E-state index in [-0.39, 0.29) is 11.0 Å². The molecule has 1 atom stereocenters. The van der Waals surface area contributed by atoms with Crippen LogP contribution in [0.25, 0.3) is 0 Å². The van der Waals surface area contributed by atoms with E-state index < -0.39 is 0 Å². The Morgan fingerprint density at radius 2 is 2.00 bits per heavy atom. The number of hydrogen-bond acceptors (Lipinski definition) is 3. The van der Waals surface area contributed by atoms with Gasteiger partial charge in [-0.15, -0.1) is 11.8 Å². The minimum absolute atomic E-state index is 0.0471. The van der Waals surface area contributed by atoms with Crippen molar-refractivity contribution >= 4 is 40.1 Å². The molecule has 4 heteroatoms. The van der Waals surface area contributed by atoms with Crippen molar-refractivity contribution in [3.05, 3.63) is 35.4 Å². The molecule has 0 fully saturated rings. The van der Waals surface area contributed by atoms with Crippen LogP contribution in [-0.2, 0) is 4.74 Å². The van der Waals surface area contributed by atoms with Gasteiger partial charge in [0, 0.05) is 15.7 Å². The SMILES string of the molecule is CCC(SCCOCCI)C(=O)c1ccc(C)cc1. The van der Waals surface area contributed by atoms with E-state index in [1.807, 2.05) is 31.2 Å². The van der Waals surface area contributed by atoms with Crippen LogP contribution in [0.4, 0.5) is 0 Å². The number of hydrogen-bond donors (Lipinski definition) is 0. The van der Waals surface area contributed by atoms with Crippen LogP contribution in [-0.4, -0.2) is 34.4 Å². The van der Waals surface area contributed by atoms with Crippen LogP contribution in [0.2, 0.25) is 0 Å². The van der Waals surface area contributed by atoms with Crippen LogP contribution in [0.5, 0.6) is 0 Å². The second-order valence-corrected chi connectivity index (χ2v) is 6.69. The number of benzene rings is 1. The van der Waals surface area contributed by atoms with Crippen LogP contribution in [0.1, 0.15) is 29.3 Å². The molecule has 19 heavy (non-hydrogen) atoms. The average Bonchev–Trinajstić information content (AvgIpc) is 2.43. The number of aryl methyl sites for hydroxylation is 1. The lowest BCUT2D eigenvalue weighted by molar-refractivity contribution is 0.0988. The lowest BCUT2D eigenvalue weighted by atomic mass is 10.1. The van der Waals surface area contributed by atoms with Gasteiger partial charge in [0.1, 0.15) is 0 Å². The zero-order valence-corrected chi connectivity index (χ0v) is 14.5. The van der Waals surface area contributed by atoms with E-state index in [0.717, 1.165) is 35.4 Å². The van der Waals surface area contributed by atoms with E-state index in [1.165, 1.54) is 5.56 Å². The summed E-state index contributed by atoms with van der Waals surface area (Å²) in [5.74, 6) is 1.12. The minimum atomic E-state index is 0.0471. The van der Waals surface area contributed by atoms with Crippen LogP contribution in [0.3, 0.4) is 0 Å². The summed E-state index contributed by atoms with van der Waals surface area (Å²) in [4.78, 5) is 12.3. The molecular weight excluding hydrogens is 371 g/mol. The molecule has 0 bridgehead atoms. The van der Waals surface area contributed by atoms with Crippen molar-refractivity contribution in [2.24, 2.45) is 0 Å². The average molecular weight is 392 g/mol. The van der Waals surface area contributed by atoms with E-state index in [0.29, 0.717) is 0 Å². The molecule has 1 rings (SSSR count). The maximum Gasteiger partial charge on any atom is 0.175 e. The van der Waals surface area contributed by atoms with Crippen molar-refractivity contribution in [2.45, 2.75) is 25.5 Å². The molecule has 1 unspecified atom stereocenters. The highest BCUT2D eigenvalue weighted by Crippen LogP contribution is 2.20. The number of carbonyl (C=O) groups excluding carboxylic acids is 1. The molecule has 0 spiro atoms. The van der Waals surface area contributed by atoms with Crippen molar-refractivity contribution in [1.29, 1.82) is 0 Å². The second-order valence-electron chi connectivity index (χ2n) is 4.30. The van der Waals surface area contributed by atoms with Gasteiger partial charge in [-0.25, -0.2) is 0 Å². The third kappa shape index (κ3) is 6.27. The third-order valence-corrected chi connectivity index (χ3v) is 4.56. The maximum atomic E-state index is 12.3. The first-order valence-corrected chi connectivity index (χ1v) is 9.12. The summed E-state index contributed by atoms with van der Waals surface area (Å²) in [5.41, 5.74) is 2.00. The van der Waals surface area contributed by atoms with Crippen molar-refractivity contribution in [1.82, 2.24) is 0 Å². The molecule has 106 valence electrons. The molecule has 0 aliphatic heterocycles. The van der Waals surface area contributed by atoms with E-state index in [1.54, 1.807) is 11.8 Å². The quantitative estimate of drug-likeness (QED) is 0.274. The fraction of sp³-hybridized carbons (Fsp3) is 0.533. The molecule has 2 nitrogen and oxygen atoms in total. The van der Waals surface area contributed by atoms with E-state index in [4.69, 9.17) is 4.74 Å². The number of Topliss-reactive ketones (excluding diaryl/α,β-unsaturated/α-hetero) is 1. The van der Waals surface area contributed by atoms with Gasteiger partial charge in [-0.05, 0) is 13.3 Å². The zero-order chi connectivity index (χ0) is 14.1. The Morgan fingerprint density at radius 3 is 2.58 bits per heavy atom. The Morgan fingerprint density at radius 1 is 1.32 bits per heavy atom. The predicted molar refractivity (Wildman–Crippen MR) is 91.8 cm³/mol. The minimum Gasteiger partial charge on any atom is -0.380 e. The highest BCUT2D eigenvalue weighted by Gasteiger charge is 2.18. The van der Waals surface area contributed by atoms with Gasteiger partial charge in [-0.3, -0.25) is 4.79 Å². The van der Waals surface area contributed by atoms with Crippen LogP contribution in [0, 0.1) is 6.92 Å². The fourth-order valence-electron chi connectivity index (χ4n) is 1.69. The van der Waals surface area contributed by atoms with Crippen molar-refractivity contribution < 1.29 is 9.53 Å². The Labute approximate surface area is 133 Å². The van der Waals surface area contributed by atoms with Gasteiger partial charge in [0.25, 0.3) is 0 Å². The third-order valence-electron chi connectivity index (χ3n) is 2.77. The van der Waals surface area contributed by atoms with Gasteiger partial charge in [0.05, 0.1) is 18.5 Å². The molecule has 0 saturated heterocycles. The van der Waals surface area contributed by atoms with Gasteiger partial charge in [-0.2, -0.15) is 0 Å². The van der Waals surface area contributed by atoms with Crippen molar-refractivity contribution in [3.63, 3.8) is 0 Å². The van der Waals surface area contributed by atoms with Crippen LogP contribution in [0.15, 0.2) is 24.3 Å². The van der Waals surface area contributed by atoms with Gasteiger partial charge >= 0.3 is 0 Å². The summed E-state index contributed by atoms with van der Waals surface area (Å²) in [5, 5.41) is 0.0471. The number of thioether (sulfide) groups is 1. The summed E-state index contributed by atoms with van der Waals surface area (Å²) in [6.45, 7) is 5.62. The van der Waals surface area contributed by atoms with Gasteiger partial charge in [0.2, 0.25) is 0 Å².